The average molecular weight is 236 g/mol. The summed E-state index contributed by atoms with van der Waals surface area (Å²) in [4.78, 5) is 10.9. The summed E-state index contributed by atoms with van der Waals surface area (Å²) in [5.74, 6) is -0.389. The maximum atomic E-state index is 10.9. The molecule has 0 saturated heterocycles. The Hall–Kier alpha value is -1.55. The zero-order valence-corrected chi connectivity index (χ0v) is 9.72. The van der Waals surface area contributed by atoms with E-state index >= 15 is 0 Å². The van der Waals surface area contributed by atoms with E-state index in [-0.39, 0.29) is 6.10 Å². The highest BCUT2D eigenvalue weighted by atomic mass is 16.5. The minimum atomic E-state index is -0.951. The molecule has 0 saturated carbocycles. The van der Waals surface area contributed by atoms with Crippen molar-refractivity contribution in [3.05, 3.63) is 29.3 Å². The van der Waals surface area contributed by atoms with E-state index in [0.29, 0.717) is 12.2 Å². The van der Waals surface area contributed by atoms with Crippen LogP contribution in [0.3, 0.4) is 0 Å². The fourth-order valence-corrected chi connectivity index (χ4v) is 2.12. The Bertz CT molecular complexity index is 427. The molecule has 0 bridgehead atoms. The van der Waals surface area contributed by atoms with Crippen LogP contribution < -0.4 is 4.74 Å². The number of benzene rings is 1. The molecule has 1 aliphatic rings. The molecule has 1 aromatic rings. The molecule has 1 aromatic carbocycles. The number of carboxylic acid groups (broad SMARTS) is 1. The van der Waals surface area contributed by atoms with Crippen molar-refractivity contribution < 1.29 is 19.7 Å². The number of fused-ring (bicyclic) bond motifs is 1. The quantitative estimate of drug-likeness (QED) is 0.838. The van der Waals surface area contributed by atoms with Crippen LogP contribution in [0.5, 0.6) is 5.75 Å². The van der Waals surface area contributed by atoms with Crippen LogP contribution in [0, 0.1) is 0 Å². The highest BCUT2D eigenvalue weighted by molar-refractivity contribution is 5.72. The summed E-state index contributed by atoms with van der Waals surface area (Å²) in [5, 5.41) is 18.6. The Kier molecular flexibility index (Phi) is 3.33. The molecule has 17 heavy (non-hydrogen) atoms. The molecular formula is C13H16O4. The molecular weight excluding hydrogens is 220 g/mol. The molecule has 0 aliphatic heterocycles. The molecule has 4 heteroatoms. The van der Waals surface area contributed by atoms with Gasteiger partial charge in [-0.15, -0.1) is 0 Å². The van der Waals surface area contributed by atoms with Gasteiger partial charge in [0.2, 0.25) is 0 Å². The van der Waals surface area contributed by atoms with E-state index in [1.807, 2.05) is 12.1 Å². The molecule has 1 aliphatic carbocycles. The molecule has 0 heterocycles. The molecule has 2 rings (SSSR count). The van der Waals surface area contributed by atoms with E-state index in [1.54, 1.807) is 13.0 Å². The fraction of sp³-hybridized carbons (Fsp3) is 0.462. The van der Waals surface area contributed by atoms with Crippen LogP contribution in [0.25, 0.3) is 0 Å². The average Bonchev–Trinajstić information content (AvgIpc) is 2.67. The van der Waals surface area contributed by atoms with E-state index in [9.17, 15) is 9.90 Å². The van der Waals surface area contributed by atoms with Crippen molar-refractivity contribution in [3.8, 4) is 5.75 Å². The van der Waals surface area contributed by atoms with Crippen LogP contribution in [0.15, 0.2) is 18.2 Å². The summed E-state index contributed by atoms with van der Waals surface area (Å²) in [5.41, 5.74) is 1.98. The second kappa shape index (κ2) is 4.75. The van der Waals surface area contributed by atoms with Crippen molar-refractivity contribution in [2.24, 2.45) is 0 Å². The smallest absolute Gasteiger partial charge is 0.344 e. The van der Waals surface area contributed by atoms with Gasteiger partial charge in [0.05, 0.1) is 6.10 Å². The van der Waals surface area contributed by atoms with Gasteiger partial charge in [-0.2, -0.15) is 0 Å². The number of aliphatic hydroxyl groups excluding tert-OH is 1. The van der Waals surface area contributed by atoms with Crippen molar-refractivity contribution in [1.29, 1.82) is 0 Å². The second-order valence-electron chi connectivity index (χ2n) is 4.27. The normalized spacial score (nSPS) is 19.8. The maximum Gasteiger partial charge on any atom is 0.344 e. The van der Waals surface area contributed by atoms with Gasteiger partial charge in [-0.05, 0) is 42.5 Å². The SMILES string of the molecule is CCC(Oc1ccc2c(c1)CC[C@@H]2O)C(=O)O. The van der Waals surface area contributed by atoms with Gasteiger partial charge in [0.25, 0.3) is 0 Å². The van der Waals surface area contributed by atoms with Crippen LogP contribution in [-0.2, 0) is 11.2 Å². The van der Waals surface area contributed by atoms with Gasteiger partial charge in [-0.1, -0.05) is 13.0 Å². The minimum Gasteiger partial charge on any atom is -0.479 e. The Morgan fingerprint density at radius 3 is 3.00 bits per heavy atom. The zero-order valence-electron chi connectivity index (χ0n) is 9.72. The highest BCUT2D eigenvalue weighted by Gasteiger charge is 2.22. The lowest BCUT2D eigenvalue weighted by atomic mass is 10.1. The molecule has 0 radical (unpaired) electrons. The standard InChI is InChI=1S/C13H16O4/c1-2-12(13(15)16)17-9-4-5-10-8(7-9)3-6-11(10)14/h4-5,7,11-12,14H,2-3,6H2,1H3,(H,15,16)/t11-,12?/m0/s1. The molecule has 0 fully saturated rings. The number of ether oxygens (including phenoxy) is 1. The maximum absolute atomic E-state index is 10.9. The predicted octanol–water partition coefficient (Wildman–Crippen LogP) is 1.91. The monoisotopic (exact) mass is 236 g/mol. The third-order valence-corrected chi connectivity index (χ3v) is 3.09. The fourth-order valence-electron chi connectivity index (χ4n) is 2.12. The summed E-state index contributed by atoms with van der Waals surface area (Å²) >= 11 is 0. The van der Waals surface area contributed by atoms with E-state index < -0.39 is 12.1 Å². The van der Waals surface area contributed by atoms with Gasteiger partial charge >= 0.3 is 5.97 Å². The van der Waals surface area contributed by atoms with Crippen LogP contribution in [0.2, 0.25) is 0 Å². The molecule has 0 amide bonds. The number of hydrogen-bond acceptors (Lipinski definition) is 3. The predicted molar refractivity (Wildman–Crippen MR) is 62.1 cm³/mol. The van der Waals surface area contributed by atoms with Crippen molar-refractivity contribution >= 4 is 5.97 Å². The van der Waals surface area contributed by atoms with Gasteiger partial charge in [-0.3, -0.25) is 0 Å². The summed E-state index contributed by atoms with van der Waals surface area (Å²) in [6.45, 7) is 1.77. The zero-order chi connectivity index (χ0) is 12.4. The molecule has 2 N–H and O–H groups in total. The van der Waals surface area contributed by atoms with Gasteiger partial charge < -0.3 is 14.9 Å². The first kappa shape index (κ1) is 11.9. The topological polar surface area (TPSA) is 66.8 Å². The molecule has 2 atom stereocenters. The van der Waals surface area contributed by atoms with Gasteiger partial charge in [0.15, 0.2) is 6.10 Å². The first-order valence-electron chi connectivity index (χ1n) is 5.82. The third kappa shape index (κ3) is 2.42. The lowest BCUT2D eigenvalue weighted by Gasteiger charge is -2.14. The number of aryl methyl sites for hydroxylation is 1. The van der Waals surface area contributed by atoms with Crippen molar-refractivity contribution in [1.82, 2.24) is 0 Å². The Morgan fingerprint density at radius 1 is 1.59 bits per heavy atom. The molecule has 4 nitrogen and oxygen atoms in total. The lowest BCUT2D eigenvalue weighted by molar-refractivity contribution is -0.145. The summed E-state index contributed by atoms with van der Waals surface area (Å²) < 4.78 is 5.40. The van der Waals surface area contributed by atoms with Crippen LogP contribution in [0.4, 0.5) is 0 Å². The number of hydrogen-bond donors (Lipinski definition) is 2. The number of rotatable bonds is 4. The number of aliphatic carboxylic acids is 1. The summed E-state index contributed by atoms with van der Waals surface area (Å²) in [6.07, 6.45) is 0.779. The molecule has 1 unspecified atom stereocenters. The Balaban J connectivity index is 2.16. The lowest BCUT2D eigenvalue weighted by Crippen LogP contribution is -2.25. The molecule has 0 spiro atoms. The summed E-state index contributed by atoms with van der Waals surface area (Å²) in [7, 11) is 0. The number of carboxylic acids is 1. The highest BCUT2D eigenvalue weighted by Crippen LogP contribution is 2.33. The van der Waals surface area contributed by atoms with Crippen molar-refractivity contribution in [2.45, 2.75) is 38.4 Å². The third-order valence-electron chi connectivity index (χ3n) is 3.09. The largest absolute Gasteiger partial charge is 0.479 e. The van der Waals surface area contributed by atoms with Crippen LogP contribution in [0.1, 0.15) is 37.0 Å². The van der Waals surface area contributed by atoms with Gasteiger partial charge in [0, 0.05) is 0 Å². The number of carbonyl (C=O) groups is 1. The molecule has 92 valence electrons. The Morgan fingerprint density at radius 2 is 2.35 bits per heavy atom. The second-order valence-corrected chi connectivity index (χ2v) is 4.27. The van der Waals surface area contributed by atoms with E-state index in [0.717, 1.165) is 24.0 Å². The summed E-state index contributed by atoms with van der Waals surface area (Å²) in [6, 6.07) is 5.37. The van der Waals surface area contributed by atoms with E-state index in [4.69, 9.17) is 9.84 Å². The van der Waals surface area contributed by atoms with Crippen molar-refractivity contribution in [2.75, 3.05) is 0 Å². The minimum absolute atomic E-state index is 0.388. The first-order valence-corrected chi connectivity index (χ1v) is 5.82. The van der Waals surface area contributed by atoms with Crippen LogP contribution in [-0.4, -0.2) is 22.3 Å². The van der Waals surface area contributed by atoms with E-state index in [1.165, 1.54) is 0 Å². The Labute approximate surface area is 99.8 Å². The first-order chi connectivity index (χ1) is 8.11. The van der Waals surface area contributed by atoms with E-state index in [2.05, 4.69) is 0 Å². The molecule has 0 aromatic heterocycles. The number of aliphatic hydroxyl groups is 1. The van der Waals surface area contributed by atoms with Gasteiger partial charge in [0.1, 0.15) is 5.75 Å². The van der Waals surface area contributed by atoms with Gasteiger partial charge in [-0.25, -0.2) is 4.79 Å². The van der Waals surface area contributed by atoms with Crippen molar-refractivity contribution in [3.63, 3.8) is 0 Å². The van der Waals surface area contributed by atoms with Crippen LogP contribution >= 0.6 is 0 Å².